The van der Waals surface area contributed by atoms with E-state index in [-0.39, 0.29) is 25.2 Å². The van der Waals surface area contributed by atoms with Crippen LogP contribution in [0.15, 0.2) is 51.5 Å². The van der Waals surface area contributed by atoms with E-state index in [4.69, 9.17) is 19.7 Å². The fraction of sp³-hybridized carbons (Fsp3) is 0.639. The molecule has 17 heteroatoms. The molecule has 0 unspecified atom stereocenters. The Labute approximate surface area is 317 Å². The van der Waals surface area contributed by atoms with Crippen molar-refractivity contribution < 1.29 is 27.8 Å². The molecule has 4 aliphatic heterocycles. The van der Waals surface area contributed by atoms with E-state index in [2.05, 4.69) is 51.8 Å². The van der Waals surface area contributed by atoms with E-state index in [1.165, 1.54) is 0 Å². The monoisotopic (exact) mass is 766 g/mol. The summed E-state index contributed by atoms with van der Waals surface area (Å²) in [6, 6.07) is 11.1. The lowest BCUT2D eigenvalue weighted by molar-refractivity contribution is 0.0138. The van der Waals surface area contributed by atoms with Crippen molar-refractivity contribution in [3.05, 3.63) is 59.2 Å². The van der Waals surface area contributed by atoms with Gasteiger partial charge in [0.05, 0.1) is 38.2 Å². The minimum Gasteiger partial charge on any atom is -0.444 e. The van der Waals surface area contributed by atoms with Crippen LogP contribution in [0.5, 0.6) is 0 Å². The van der Waals surface area contributed by atoms with Gasteiger partial charge in [-0.1, -0.05) is 24.2 Å². The van der Waals surface area contributed by atoms with Gasteiger partial charge in [0.15, 0.2) is 0 Å². The Balaban J connectivity index is 0.000000256. The largest absolute Gasteiger partial charge is 0.444 e. The standard InChI is InChI=1S/C20H30FN3O3.C15H22FN3O.CH4.ClHN4/c1-20(2,3)27-19(25)24-8-6-22(7-9-24)15-16-4-5-17(14-18(16)21)23-10-12-26-13-11-23;16-15-11-14(19-7-9-20-10-8-19)2-1-13(15)12-18-5-3-17-4-6-18;;1-3-5-4-2/h4-5,14H,6-13,15H2,1-3H3;1-2,11,17H,3-10,12H2;1H4;2H. The highest BCUT2D eigenvalue weighted by Crippen LogP contribution is 2.23. The first kappa shape index (κ1) is 43.9. The lowest BCUT2D eigenvalue weighted by Crippen LogP contribution is -2.49. The molecule has 4 heterocycles. The molecule has 1 amide bonds. The van der Waals surface area contributed by atoms with E-state index in [9.17, 15) is 13.6 Å². The number of morpholine rings is 2. The number of nitrogens with zero attached hydrogens (tertiary/aromatic N) is 8. The van der Waals surface area contributed by atoms with Gasteiger partial charge < -0.3 is 34.2 Å². The molecule has 2 aromatic carbocycles. The first-order valence-electron chi connectivity index (χ1n) is 17.8. The minimum absolute atomic E-state index is 0. The molecular weight excluding hydrogens is 710 g/mol. The molecule has 4 saturated heterocycles. The predicted octanol–water partition coefficient (Wildman–Crippen LogP) is 5.96. The van der Waals surface area contributed by atoms with Gasteiger partial charge in [0, 0.05) is 114 Å². The summed E-state index contributed by atoms with van der Waals surface area (Å²) < 4.78 is 47.5. The van der Waals surface area contributed by atoms with Crippen LogP contribution in [0.3, 0.4) is 0 Å². The Bertz CT molecular complexity index is 1430. The summed E-state index contributed by atoms with van der Waals surface area (Å²) in [5.41, 5.74) is 8.76. The summed E-state index contributed by atoms with van der Waals surface area (Å²) in [7, 11) is 0. The molecule has 14 nitrogen and oxygen atoms in total. The third-order valence-electron chi connectivity index (χ3n) is 8.93. The molecule has 0 aliphatic carbocycles. The van der Waals surface area contributed by atoms with Gasteiger partial charge in [-0.25, -0.2) is 13.6 Å². The Morgan fingerprint density at radius 2 is 1.25 bits per heavy atom. The van der Waals surface area contributed by atoms with Crippen LogP contribution in [0.4, 0.5) is 25.0 Å². The fourth-order valence-corrected chi connectivity index (χ4v) is 6.18. The summed E-state index contributed by atoms with van der Waals surface area (Å²) in [5, 5.41) is 8.40. The third kappa shape index (κ3) is 15.0. The zero-order valence-electron chi connectivity index (χ0n) is 30.5. The molecule has 0 saturated carbocycles. The van der Waals surface area contributed by atoms with E-state index >= 15 is 0 Å². The van der Waals surface area contributed by atoms with Gasteiger partial charge in [0.25, 0.3) is 0 Å². The maximum Gasteiger partial charge on any atom is 0.410 e. The zero-order chi connectivity index (χ0) is 37.3. The van der Waals surface area contributed by atoms with Crippen LogP contribution in [0.1, 0.15) is 39.3 Å². The van der Waals surface area contributed by atoms with E-state index in [1.54, 1.807) is 17.0 Å². The van der Waals surface area contributed by atoms with Crippen molar-refractivity contribution in [3.8, 4) is 0 Å². The van der Waals surface area contributed by atoms with Crippen molar-refractivity contribution in [1.29, 1.82) is 5.53 Å². The summed E-state index contributed by atoms with van der Waals surface area (Å²) in [5.74, 6) is -0.263. The normalized spacial score (nSPS) is 18.6. The number of piperazine rings is 2. The van der Waals surface area contributed by atoms with E-state index < -0.39 is 5.60 Å². The number of carbonyl (C=O) groups is 1. The molecule has 53 heavy (non-hydrogen) atoms. The SMILES string of the molecule is C.CC(C)(C)OC(=O)N1CCN(Cc2ccc(N3CCOCC3)cc2F)CC1.Fc1cc(N2CCOCC2)ccc1CN1CCNCC1.N=NN=NCl. The van der Waals surface area contributed by atoms with Crippen LogP contribution in [-0.4, -0.2) is 131 Å². The molecule has 296 valence electrons. The van der Waals surface area contributed by atoms with Crippen molar-refractivity contribution in [2.45, 2.75) is 46.9 Å². The average molecular weight is 767 g/mol. The molecule has 2 aromatic rings. The van der Waals surface area contributed by atoms with E-state index in [1.807, 2.05) is 45.0 Å². The van der Waals surface area contributed by atoms with Crippen LogP contribution < -0.4 is 15.1 Å². The molecule has 0 spiro atoms. The molecule has 2 N–H and O–H groups in total. The predicted molar refractivity (Wildman–Crippen MR) is 203 cm³/mol. The number of carbonyl (C=O) groups excluding carboxylic acids is 1. The Morgan fingerprint density at radius 1 is 0.792 bits per heavy atom. The quantitative estimate of drug-likeness (QED) is 0.259. The number of hydrogen-bond acceptors (Lipinski definition) is 11. The highest BCUT2D eigenvalue weighted by molar-refractivity contribution is 6.13. The number of ether oxygens (including phenoxy) is 3. The van der Waals surface area contributed by atoms with Crippen molar-refractivity contribution in [2.75, 3.05) is 115 Å². The van der Waals surface area contributed by atoms with Gasteiger partial charge in [0.1, 0.15) is 17.2 Å². The van der Waals surface area contributed by atoms with Gasteiger partial charge in [-0.3, -0.25) is 9.80 Å². The summed E-state index contributed by atoms with van der Waals surface area (Å²) in [6.07, 6.45) is -0.275. The van der Waals surface area contributed by atoms with Gasteiger partial charge >= 0.3 is 6.09 Å². The Hall–Kier alpha value is -3.54. The number of anilines is 2. The highest BCUT2D eigenvalue weighted by Gasteiger charge is 2.26. The van der Waals surface area contributed by atoms with Crippen LogP contribution in [-0.2, 0) is 27.3 Å². The van der Waals surface area contributed by atoms with Crippen molar-refractivity contribution in [3.63, 3.8) is 0 Å². The van der Waals surface area contributed by atoms with Crippen LogP contribution in [0.25, 0.3) is 0 Å². The first-order valence-corrected chi connectivity index (χ1v) is 18.1. The van der Waals surface area contributed by atoms with Crippen molar-refractivity contribution >= 4 is 29.2 Å². The van der Waals surface area contributed by atoms with Crippen molar-refractivity contribution in [1.82, 2.24) is 20.0 Å². The number of amides is 1. The summed E-state index contributed by atoms with van der Waals surface area (Å²) >= 11 is 4.55. The first-order chi connectivity index (χ1) is 25.1. The maximum absolute atomic E-state index is 14.6. The Kier molecular flexibility index (Phi) is 18.7. The number of rotatable bonds is 7. The lowest BCUT2D eigenvalue weighted by Gasteiger charge is -2.35. The lowest BCUT2D eigenvalue weighted by atomic mass is 10.1. The second kappa shape index (κ2) is 22.6. The van der Waals surface area contributed by atoms with Crippen LogP contribution >= 0.6 is 11.8 Å². The third-order valence-corrected chi connectivity index (χ3v) is 8.99. The number of hydrogen-bond donors (Lipinski definition) is 2. The molecular formula is C36H57ClF2N10O4. The second-order valence-electron chi connectivity index (χ2n) is 13.8. The van der Waals surface area contributed by atoms with E-state index in [0.29, 0.717) is 58.0 Å². The minimum atomic E-state index is -0.487. The number of nitrogens with one attached hydrogen (secondary N) is 2. The molecule has 6 rings (SSSR count). The molecule has 0 bridgehead atoms. The van der Waals surface area contributed by atoms with Crippen LogP contribution in [0, 0.1) is 17.2 Å². The van der Waals surface area contributed by atoms with Crippen molar-refractivity contribution in [2.24, 2.45) is 15.1 Å². The Morgan fingerprint density at radius 3 is 1.62 bits per heavy atom. The molecule has 0 aromatic heterocycles. The van der Waals surface area contributed by atoms with Gasteiger partial charge in [0.2, 0.25) is 0 Å². The maximum atomic E-state index is 14.6. The van der Waals surface area contributed by atoms with Crippen LogP contribution in [0.2, 0.25) is 0 Å². The topological polar surface area (TPSA) is 134 Å². The second-order valence-corrected chi connectivity index (χ2v) is 13.9. The molecule has 0 radical (unpaired) electrons. The number of halogens is 3. The smallest absolute Gasteiger partial charge is 0.410 e. The van der Waals surface area contributed by atoms with Gasteiger partial charge in [-0.2, -0.15) is 5.53 Å². The van der Waals surface area contributed by atoms with Gasteiger partial charge in [-0.15, -0.1) is 0 Å². The average Bonchev–Trinajstić information content (AvgIpc) is 3.15. The zero-order valence-corrected chi connectivity index (χ0v) is 31.3. The fourth-order valence-electron chi connectivity index (χ4n) is 6.15. The van der Waals surface area contributed by atoms with Gasteiger partial charge in [-0.05, 0) is 55.5 Å². The summed E-state index contributed by atoms with van der Waals surface area (Å²) in [4.78, 5) is 22.7. The molecule has 4 aliphatic rings. The molecule has 0 atom stereocenters. The number of benzene rings is 2. The van der Waals surface area contributed by atoms with E-state index in [0.717, 1.165) is 82.5 Å². The highest BCUT2D eigenvalue weighted by atomic mass is 35.5. The molecule has 4 fully saturated rings. The summed E-state index contributed by atoms with van der Waals surface area (Å²) in [6.45, 7) is 19.6.